The molecule has 3 rings (SSSR count). The maximum Gasteiger partial charge on any atom is 0.277 e. The van der Waals surface area contributed by atoms with E-state index in [1.54, 1.807) is 0 Å². The quantitative estimate of drug-likeness (QED) is 0.420. The lowest BCUT2D eigenvalue weighted by molar-refractivity contribution is -0.123. The van der Waals surface area contributed by atoms with Crippen LogP contribution in [0.25, 0.3) is 10.9 Å². The summed E-state index contributed by atoms with van der Waals surface area (Å²) in [6.45, 7) is 3.76. The van der Waals surface area contributed by atoms with Gasteiger partial charge in [0.15, 0.2) is 6.61 Å². The van der Waals surface area contributed by atoms with Gasteiger partial charge in [-0.25, -0.2) is 10.4 Å². The van der Waals surface area contributed by atoms with Crippen molar-refractivity contribution >= 4 is 34.6 Å². The summed E-state index contributed by atoms with van der Waals surface area (Å²) >= 11 is 6.15. The number of halogens is 1. The predicted molar refractivity (Wildman–Crippen MR) is 104 cm³/mol. The molecule has 132 valence electrons. The maximum atomic E-state index is 11.9. The topological polar surface area (TPSA) is 63.6 Å². The number of aromatic nitrogens is 1. The summed E-state index contributed by atoms with van der Waals surface area (Å²) < 4.78 is 5.59. The maximum absolute atomic E-state index is 11.9. The van der Waals surface area contributed by atoms with Gasteiger partial charge in [-0.3, -0.25) is 4.79 Å². The molecule has 1 N–H and O–H groups in total. The number of aryl methyl sites for hydroxylation is 2. The summed E-state index contributed by atoms with van der Waals surface area (Å²) in [6, 6.07) is 15.3. The first-order valence-electron chi connectivity index (χ1n) is 8.11. The van der Waals surface area contributed by atoms with Gasteiger partial charge in [0.05, 0.1) is 11.7 Å². The first-order valence-corrected chi connectivity index (χ1v) is 8.48. The lowest BCUT2D eigenvalue weighted by Gasteiger charge is -2.10. The molecule has 0 aliphatic rings. The van der Waals surface area contributed by atoms with Crippen molar-refractivity contribution in [2.45, 2.75) is 13.8 Å². The molecule has 0 atom stereocenters. The van der Waals surface area contributed by atoms with Gasteiger partial charge in [0.1, 0.15) is 10.9 Å². The summed E-state index contributed by atoms with van der Waals surface area (Å²) in [5.41, 5.74) is 5.83. The highest BCUT2D eigenvalue weighted by Crippen LogP contribution is 2.22. The average molecular weight is 368 g/mol. The molecule has 2 aromatic carbocycles. The van der Waals surface area contributed by atoms with E-state index in [4.69, 9.17) is 16.3 Å². The standard InChI is InChI=1S/C20H18ClN3O2/c1-13-6-5-7-14(2)19(13)26-12-18(25)24-22-11-16-10-15-8-3-4-9-17(15)23-20(16)21/h3-11H,12H2,1-2H3,(H,24,25). The predicted octanol–water partition coefficient (Wildman–Crippen LogP) is 4.03. The fourth-order valence-electron chi connectivity index (χ4n) is 2.57. The molecule has 0 bridgehead atoms. The normalized spacial score (nSPS) is 11.0. The monoisotopic (exact) mass is 367 g/mol. The highest BCUT2D eigenvalue weighted by Gasteiger charge is 2.07. The van der Waals surface area contributed by atoms with Crippen molar-refractivity contribution < 1.29 is 9.53 Å². The first-order chi connectivity index (χ1) is 12.5. The summed E-state index contributed by atoms with van der Waals surface area (Å²) in [6.07, 6.45) is 1.47. The molecule has 0 unspecified atom stereocenters. The third kappa shape index (κ3) is 4.18. The van der Waals surface area contributed by atoms with E-state index in [0.717, 1.165) is 22.0 Å². The van der Waals surface area contributed by atoms with Crippen LogP contribution in [-0.2, 0) is 4.79 Å². The van der Waals surface area contributed by atoms with E-state index in [9.17, 15) is 4.79 Å². The van der Waals surface area contributed by atoms with Gasteiger partial charge in [0.25, 0.3) is 5.91 Å². The minimum absolute atomic E-state index is 0.118. The van der Waals surface area contributed by atoms with E-state index in [1.165, 1.54) is 6.21 Å². The van der Waals surface area contributed by atoms with Crippen molar-refractivity contribution in [3.8, 4) is 5.75 Å². The summed E-state index contributed by atoms with van der Waals surface area (Å²) in [5, 5.41) is 5.21. The van der Waals surface area contributed by atoms with Crippen LogP contribution in [0.2, 0.25) is 5.15 Å². The molecule has 0 aliphatic carbocycles. The molecule has 0 fully saturated rings. The van der Waals surface area contributed by atoms with Crippen LogP contribution in [0.5, 0.6) is 5.75 Å². The third-order valence-electron chi connectivity index (χ3n) is 3.85. The Hall–Kier alpha value is -2.92. The van der Waals surface area contributed by atoms with Crippen molar-refractivity contribution in [2.75, 3.05) is 6.61 Å². The summed E-state index contributed by atoms with van der Waals surface area (Å²) in [7, 11) is 0. The number of fused-ring (bicyclic) bond motifs is 1. The molecular weight excluding hydrogens is 350 g/mol. The number of carbonyl (C=O) groups excluding carboxylic acids is 1. The third-order valence-corrected chi connectivity index (χ3v) is 4.16. The van der Waals surface area contributed by atoms with Gasteiger partial charge in [-0.15, -0.1) is 0 Å². The Morgan fingerprint density at radius 1 is 1.19 bits per heavy atom. The van der Waals surface area contributed by atoms with Gasteiger partial charge >= 0.3 is 0 Å². The molecule has 3 aromatic rings. The van der Waals surface area contributed by atoms with E-state index >= 15 is 0 Å². The molecule has 0 saturated carbocycles. The highest BCUT2D eigenvalue weighted by molar-refractivity contribution is 6.32. The number of nitrogens with zero attached hydrogens (tertiary/aromatic N) is 2. The van der Waals surface area contributed by atoms with Crippen LogP contribution >= 0.6 is 11.6 Å². The summed E-state index contributed by atoms with van der Waals surface area (Å²) in [4.78, 5) is 16.2. The molecule has 1 heterocycles. The fraction of sp³-hybridized carbons (Fsp3) is 0.150. The second kappa shape index (κ2) is 7.97. The van der Waals surface area contributed by atoms with Gasteiger partial charge < -0.3 is 4.74 Å². The molecule has 0 saturated heterocycles. The van der Waals surface area contributed by atoms with Crippen molar-refractivity contribution in [3.63, 3.8) is 0 Å². The molecule has 1 amide bonds. The lowest BCUT2D eigenvalue weighted by atomic mass is 10.1. The van der Waals surface area contributed by atoms with Crippen molar-refractivity contribution in [1.82, 2.24) is 10.4 Å². The second-order valence-electron chi connectivity index (χ2n) is 5.86. The highest BCUT2D eigenvalue weighted by atomic mass is 35.5. The van der Waals surface area contributed by atoms with E-state index in [2.05, 4.69) is 15.5 Å². The van der Waals surface area contributed by atoms with E-state index in [0.29, 0.717) is 16.5 Å². The number of ether oxygens (including phenoxy) is 1. The lowest BCUT2D eigenvalue weighted by Crippen LogP contribution is -2.25. The van der Waals surface area contributed by atoms with Crippen LogP contribution < -0.4 is 10.2 Å². The zero-order chi connectivity index (χ0) is 18.5. The van der Waals surface area contributed by atoms with Crippen molar-refractivity contribution in [2.24, 2.45) is 5.10 Å². The second-order valence-corrected chi connectivity index (χ2v) is 6.22. The Labute approximate surface area is 156 Å². The van der Waals surface area contributed by atoms with Crippen LogP contribution in [0.15, 0.2) is 53.6 Å². The zero-order valence-electron chi connectivity index (χ0n) is 14.5. The number of amides is 1. The van der Waals surface area contributed by atoms with Crippen LogP contribution in [-0.4, -0.2) is 23.7 Å². The largest absolute Gasteiger partial charge is 0.483 e. The number of pyridine rings is 1. The number of hydrogen-bond acceptors (Lipinski definition) is 4. The first kappa shape index (κ1) is 17.9. The van der Waals surface area contributed by atoms with Crippen LogP contribution in [0, 0.1) is 13.8 Å². The average Bonchev–Trinajstić information content (AvgIpc) is 2.61. The number of hydrogen-bond donors (Lipinski definition) is 1. The molecule has 6 heteroatoms. The van der Waals surface area contributed by atoms with E-state index < -0.39 is 0 Å². The zero-order valence-corrected chi connectivity index (χ0v) is 15.2. The minimum Gasteiger partial charge on any atom is -0.483 e. The van der Waals surface area contributed by atoms with Crippen LogP contribution in [0.1, 0.15) is 16.7 Å². The Balaban J connectivity index is 1.61. The number of benzene rings is 2. The van der Waals surface area contributed by atoms with Gasteiger partial charge in [-0.1, -0.05) is 48.0 Å². The Bertz CT molecular complexity index is 966. The fourth-order valence-corrected chi connectivity index (χ4v) is 2.76. The number of hydrazone groups is 1. The molecule has 0 spiro atoms. The van der Waals surface area contributed by atoms with E-state index in [-0.39, 0.29) is 12.5 Å². The Morgan fingerprint density at radius 3 is 2.69 bits per heavy atom. The van der Waals surface area contributed by atoms with Crippen molar-refractivity contribution in [1.29, 1.82) is 0 Å². The van der Waals surface area contributed by atoms with Crippen molar-refractivity contribution in [3.05, 3.63) is 70.4 Å². The molecule has 0 aliphatic heterocycles. The minimum atomic E-state index is -0.353. The van der Waals surface area contributed by atoms with Gasteiger partial charge in [0.2, 0.25) is 0 Å². The number of para-hydroxylation sites is 2. The number of rotatable bonds is 5. The van der Waals surface area contributed by atoms with Gasteiger partial charge in [-0.2, -0.15) is 5.10 Å². The van der Waals surface area contributed by atoms with E-state index in [1.807, 2.05) is 62.4 Å². The smallest absolute Gasteiger partial charge is 0.277 e. The molecule has 0 radical (unpaired) electrons. The summed E-state index contributed by atoms with van der Waals surface area (Å²) in [5.74, 6) is 0.363. The Morgan fingerprint density at radius 2 is 1.92 bits per heavy atom. The van der Waals surface area contributed by atoms with Gasteiger partial charge in [0, 0.05) is 10.9 Å². The van der Waals surface area contributed by atoms with Gasteiger partial charge in [-0.05, 0) is 37.1 Å². The molecule has 26 heavy (non-hydrogen) atoms. The van der Waals surface area contributed by atoms with Crippen LogP contribution in [0.4, 0.5) is 0 Å². The SMILES string of the molecule is Cc1cccc(C)c1OCC(=O)NN=Cc1cc2ccccc2nc1Cl. The van der Waals surface area contributed by atoms with Crippen LogP contribution in [0.3, 0.4) is 0 Å². The molecule has 1 aromatic heterocycles. The number of nitrogens with one attached hydrogen (secondary N) is 1. The number of carbonyl (C=O) groups is 1. The molecular formula is C20H18ClN3O2. The molecule has 5 nitrogen and oxygen atoms in total. The Kier molecular flexibility index (Phi) is 5.49.